The molecule has 0 fully saturated rings. The van der Waals surface area contributed by atoms with Gasteiger partial charge in [-0.25, -0.2) is 0 Å². The largest absolute Gasteiger partial charge is 0.489 e. The molecule has 2 rings (SSSR count). The molecule has 0 aliphatic rings. The first kappa shape index (κ1) is 15.2. The molecule has 0 saturated heterocycles. The number of hydrogen-bond acceptors (Lipinski definition) is 2. The van der Waals surface area contributed by atoms with E-state index in [-0.39, 0.29) is 0 Å². The lowest BCUT2D eigenvalue weighted by Crippen LogP contribution is -1.99. The lowest BCUT2D eigenvalue weighted by molar-refractivity contribution is 0.199. The summed E-state index contributed by atoms with van der Waals surface area (Å²) >= 11 is 12.0. The van der Waals surface area contributed by atoms with E-state index in [0.717, 1.165) is 22.4 Å². The summed E-state index contributed by atoms with van der Waals surface area (Å²) in [6.45, 7) is 4.07. The number of aryl methyl sites for hydroxylation is 1. The molecular formula is C16H16Cl2O2. The highest BCUT2D eigenvalue weighted by molar-refractivity contribution is 6.35. The molecule has 0 aliphatic carbocycles. The van der Waals surface area contributed by atoms with Crippen LogP contribution in [-0.2, 0) is 6.61 Å². The quantitative estimate of drug-likeness (QED) is 0.867. The van der Waals surface area contributed by atoms with E-state index in [1.807, 2.05) is 31.2 Å². The van der Waals surface area contributed by atoms with Crippen LogP contribution in [0.25, 0.3) is 0 Å². The third-order valence-electron chi connectivity index (χ3n) is 3.08. The second kappa shape index (κ2) is 6.49. The maximum absolute atomic E-state index is 9.54. The van der Waals surface area contributed by atoms with E-state index < -0.39 is 6.10 Å². The molecule has 0 bridgehead atoms. The summed E-state index contributed by atoms with van der Waals surface area (Å²) < 4.78 is 5.77. The van der Waals surface area contributed by atoms with Gasteiger partial charge in [0.2, 0.25) is 0 Å². The number of rotatable bonds is 4. The number of hydrogen-bond donors (Lipinski definition) is 1. The Morgan fingerprint density at radius 2 is 1.90 bits per heavy atom. The first-order chi connectivity index (χ1) is 9.47. The molecular weight excluding hydrogens is 295 g/mol. The number of benzene rings is 2. The molecule has 20 heavy (non-hydrogen) atoms. The Balaban J connectivity index is 2.11. The zero-order valence-electron chi connectivity index (χ0n) is 11.4. The van der Waals surface area contributed by atoms with Gasteiger partial charge in [-0.2, -0.15) is 0 Å². The van der Waals surface area contributed by atoms with Crippen LogP contribution in [0.5, 0.6) is 5.75 Å². The minimum absolute atomic E-state index is 0.380. The van der Waals surface area contributed by atoms with Gasteiger partial charge in [-0.15, -0.1) is 0 Å². The van der Waals surface area contributed by atoms with Crippen molar-refractivity contribution in [3.63, 3.8) is 0 Å². The van der Waals surface area contributed by atoms with Crippen LogP contribution in [0.3, 0.4) is 0 Å². The molecule has 106 valence electrons. The van der Waals surface area contributed by atoms with Gasteiger partial charge in [-0.05, 0) is 49.2 Å². The van der Waals surface area contributed by atoms with E-state index in [0.29, 0.717) is 16.7 Å². The first-order valence-electron chi connectivity index (χ1n) is 6.32. The van der Waals surface area contributed by atoms with Crippen LogP contribution in [0.2, 0.25) is 10.0 Å². The topological polar surface area (TPSA) is 29.5 Å². The van der Waals surface area contributed by atoms with Crippen molar-refractivity contribution in [2.24, 2.45) is 0 Å². The Morgan fingerprint density at radius 3 is 2.50 bits per heavy atom. The number of aliphatic hydroxyl groups excluding tert-OH is 1. The Hall–Kier alpha value is -1.22. The molecule has 0 heterocycles. The van der Waals surface area contributed by atoms with Crippen molar-refractivity contribution in [1.82, 2.24) is 0 Å². The van der Waals surface area contributed by atoms with Gasteiger partial charge >= 0.3 is 0 Å². The van der Waals surface area contributed by atoms with Gasteiger partial charge in [-0.1, -0.05) is 35.3 Å². The second-order valence-electron chi connectivity index (χ2n) is 4.73. The third-order valence-corrected chi connectivity index (χ3v) is 3.67. The zero-order chi connectivity index (χ0) is 14.7. The molecule has 1 unspecified atom stereocenters. The Bertz CT molecular complexity index is 609. The lowest BCUT2D eigenvalue weighted by Gasteiger charge is -2.12. The summed E-state index contributed by atoms with van der Waals surface area (Å²) in [5.41, 5.74) is 2.74. The van der Waals surface area contributed by atoms with E-state index in [1.165, 1.54) is 0 Å². The maximum atomic E-state index is 9.54. The Labute approximate surface area is 128 Å². The molecule has 2 nitrogen and oxygen atoms in total. The minimum atomic E-state index is -0.478. The van der Waals surface area contributed by atoms with Gasteiger partial charge in [0.05, 0.1) is 6.10 Å². The molecule has 0 spiro atoms. The van der Waals surface area contributed by atoms with Crippen molar-refractivity contribution in [2.75, 3.05) is 0 Å². The fourth-order valence-corrected chi connectivity index (χ4v) is 2.35. The fraction of sp³-hybridized carbons (Fsp3) is 0.250. The van der Waals surface area contributed by atoms with Gasteiger partial charge < -0.3 is 9.84 Å². The van der Waals surface area contributed by atoms with Gasteiger partial charge in [0.1, 0.15) is 12.4 Å². The van der Waals surface area contributed by atoms with Crippen molar-refractivity contribution in [1.29, 1.82) is 0 Å². The molecule has 0 aromatic heterocycles. The second-order valence-corrected chi connectivity index (χ2v) is 5.57. The van der Waals surface area contributed by atoms with Crippen molar-refractivity contribution in [2.45, 2.75) is 26.6 Å². The minimum Gasteiger partial charge on any atom is -0.489 e. The number of halogens is 2. The van der Waals surface area contributed by atoms with Crippen molar-refractivity contribution < 1.29 is 9.84 Å². The average Bonchev–Trinajstić information content (AvgIpc) is 2.38. The molecule has 0 amide bonds. The predicted molar refractivity (Wildman–Crippen MR) is 82.6 cm³/mol. The molecule has 0 radical (unpaired) electrons. The van der Waals surface area contributed by atoms with E-state index >= 15 is 0 Å². The van der Waals surface area contributed by atoms with E-state index in [1.54, 1.807) is 19.1 Å². The van der Waals surface area contributed by atoms with Gasteiger partial charge in [0.15, 0.2) is 0 Å². The molecule has 1 N–H and O–H groups in total. The monoisotopic (exact) mass is 310 g/mol. The molecule has 2 aromatic rings. The van der Waals surface area contributed by atoms with Crippen molar-refractivity contribution >= 4 is 23.2 Å². The van der Waals surface area contributed by atoms with Crippen molar-refractivity contribution in [3.05, 3.63) is 63.1 Å². The van der Waals surface area contributed by atoms with E-state index in [4.69, 9.17) is 27.9 Å². The number of ether oxygens (including phenoxy) is 1. The smallest absolute Gasteiger partial charge is 0.122 e. The van der Waals surface area contributed by atoms with Crippen LogP contribution in [0, 0.1) is 6.92 Å². The maximum Gasteiger partial charge on any atom is 0.122 e. The first-order valence-corrected chi connectivity index (χ1v) is 7.08. The van der Waals surface area contributed by atoms with Crippen molar-refractivity contribution in [3.8, 4) is 5.75 Å². The standard InChI is InChI=1S/C16H16Cl2O2/c1-10-7-12(11(2)19)4-6-16(10)20-9-13-3-5-14(17)8-15(13)18/h3-8,11,19H,9H2,1-2H3. The van der Waals surface area contributed by atoms with Crippen LogP contribution in [0.4, 0.5) is 0 Å². The summed E-state index contributed by atoms with van der Waals surface area (Å²) in [5, 5.41) is 10.7. The Morgan fingerprint density at radius 1 is 1.15 bits per heavy atom. The molecule has 0 saturated carbocycles. The highest BCUT2D eigenvalue weighted by Crippen LogP contribution is 2.26. The zero-order valence-corrected chi connectivity index (χ0v) is 12.9. The van der Waals surface area contributed by atoms with Crippen LogP contribution in [0.15, 0.2) is 36.4 Å². The molecule has 2 aromatic carbocycles. The summed E-state index contributed by atoms with van der Waals surface area (Å²) in [7, 11) is 0. The van der Waals surface area contributed by atoms with Crippen LogP contribution in [0.1, 0.15) is 29.7 Å². The van der Waals surface area contributed by atoms with E-state index in [9.17, 15) is 5.11 Å². The summed E-state index contributed by atoms with van der Waals surface area (Å²) in [6, 6.07) is 11.0. The Kier molecular flexibility index (Phi) is 4.92. The summed E-state index contributed by atoms with van der Waals surface area (Å²) in [4.78, 5) is 0. The van der Waals surface area contributed by atoms with Gasteiger partial charge in [-0.3, -0.25) is 0 Å². The van der Waals surface area contributed by atoms with Crippen LogP contribution in [-0.4, -0.2) is 5.11 Å². The van der Waals surface area contributed by atoms with Crippen LogP contribution >= 0.6 is 23.2 Å². The SMILES string of the molecule is Cc1cc(C(C)O)ccc1OCc1ccc(Cl)cc1Cl. The van der Waals surface area contributed by atoms with Gasteiger partial charge in [0.25, 0.3) is 0 Å². The summed E-state index contributed by atoms with van der Waals surface area (Å²) in [6.07, 6.45) is -0.478. The van der Waals surface area contributed by atoms with E-state index in [2.05, 4.69) is 0 Å². The average molecular weight is 311 g/mol. The summed E-state index contributed by atoms with van der Waals surface area (Å²) in [5.74, 6) is 0.778. The fourth-order valence-electron chi connectivity index (χ4n) is 1.89. The molecule has 4 heteroatoms. The van der Waals surface area contributed by atoms with Crippen LogP contribution < -0.4 is 4.74 Å². The van der Waals surface area contributed by atoms with Gasteiger partial charge in [0, 0.05) is 15.6 Å². The lowest BCUT2D eigenvalue weighted by atomic mass is 10.1. The highest BCUT2D eigenvalue weighted by Gasteiger charge is 2.07. The number of aliphatic hydroxyl groups is 1. The third kappa shape index (κ3) is 3.66. The molecule has 0 aliphatic heterocycles. The molecule has 1 atom stereocenters. The normalized spacial score (nSPS) is 12.2. The highest BCUT2D eigenvalue weighted by atomic mass is 35.5. The predicted octanol–water partition coefficient (Wildman–Crippen LogP) is 4.93.